The second-order valence-corrected chi connectivity index (χ2v) is 7.67. The van der Waals surface area contributed by atoms with Crippen LogP contribution in [0, 0.1) is 0 Å². The molecule has 0 aromatic carbocycles. The fraction of sp³-hybridized carbons (Fsp3) is 0.545. The van der Waals surface area contributed by atoms with Crippen LogP contribution in [0.2, 0.25) is 0 Å². The van der Waals surface area contributed by atoms with E-state index in [0.717, 1.165) is 22.6 Å². The number of rotatable bonds is 10. The molecule has 0 aromatic rings. The molecular weight excluding hydrogens is 486 g/mol. The van der Waals surface area contributed by atoms with Crippen molar-refractivity contribution in [3.63, 3.8) is 0 Å². The monoisotopic (exact) mass is 514 g/mol. The Kier molecular flexibility index (Phi) is 12.7. The molecule has 4 amide bonds. The normalized spacial score (nSPS) is 17.1. The first-order chi connectivity index (χ1) is 15.0. The van der Waals surface area contributed by atoms with Gasteiger partial charge in [0.25, 0.3) is 23.6 Å². The smallest absolute Gasteiger partial charge is 0.326 e. The number of hydrogen-bond acceptors (Lipinski definition) is 6. The number of hydrogen-bond donors (Lipinski definition) is 2. The number of unbranched alkanes of at least 4 members (excludes halogenated alkanes) is 2. The van der Waals surface area contributed by atoms with E-state index in [9.17, 15) is 28.8 Å². The molecule has 2 rings (SSSR count). The van der Waals surface area contributed by atoms with Gasteiger partial charge in [-0.05, 0) is 26.7 Å². The number of imide groups is 2. The zero-order valence-corrected chi connectivity index (χ0v) is 22.5. The van der Waals surface area contributed by atoms with Gasteiger partial charge in [0.05, 0.1) is 0 Å². The molecule has 178 valence electrons. The summed E-state index contributed by atoms with van der Waals surface area (Å²) in [6, 6.07) is -2.07. The third kappa shape index (κ3) is 7.70. The molecule has 33 heavy (non-hydrogen) atoms. The second kappa shape index (κ2) is 13.8. The molecule has 0 aromatic heterocycles. The Morgan fingerprint density at radius 2 is 1.06 bits per heavy atom. The van der Waals surface area contributed by atoms with Gasteiger partial charge in [-0.2, -0.15) is 0 Å². The fourth-order valence-corrected chi connectivity index (χ4v) is 3.32. The molecule has 10 nitrogen and oxygen atoms in total. The van der Waals surface area contributed by atoms with Crippen molar-refractivity contribution in [2.45, 2.75) is 78.3 Å². The molecule has 0 fully saturated rings. The van der Waals surface area contributed by atoms with Crippen LogP contribution in [0.25, 0.3) is 0 Å². The molecule has 0 aliphatic carbocycles. The van der Waals surface area contributed by atoms with Crippen molar-refractivity contribution >= 4 is 35.6 Å². The maximum absolute atomic E-state index is 11.6. The third-order valence-corrected chi connectivity index (χ3v) is 5.12. The molecule has 0 bridgehead atoms. The van der Waals surface area contributed by atoms with Gasteiger partial charge >= 0.3 is 11.9 Å². The SMILES string of the molecule is CCCCC(C(=O)O)N1C(=O)C=C(C)C1=O.CCCCC(C(=O)O)N1C(=O)C=C(C)C1=O.[Zn]. The summed E-state index contributed by atoms with van der Waals surface area (Å²) in [4.78, 5) is 69.9. The molecule has 11 heteroatoms. The number of aliphatic carboxylic acids is 2. The summed E-state index contributed by atoms with van der Waals surface area (Å²) in [5, 5.41) is 18.0. The van der Waals surface area contributed by atoms with Crippen LogP contribution in [0.3, 0.4) is 0 Å². The van der Waals surface area contributed by atoms with Gasteiger partial charge in [-0.3, -0.25) is 29.0 Å². The Bertz CT molecular complexity index is 794. The summed E-state index contributed by atoms with van der Waals surface area (Å²) in [5.74, 6) is -4.28. The van der Waals surface area contributed by atoms with E-state index in [0.29, 0.717) is 36.8 Å². The van der Waals surface area contributed by atoms with Crippen molar-refractivity contribution in [1.82, 2.24) is 9.80 Å². The van der Waals surface area contributed by atoms with E-state index in [1.165, 1.54) is 26.0 Å². The van der Waals surface area contributed by atoms with Gasteiger partial charge in [0, 0.05) is 42.8 Å². The van der Waals surface area contributed by atoms with Crippen LogP contribution in [-0.4, -0.2) is 67.7 Å². The summed E-state index contributed by atoms with van der Waals surface area (Å²) in [6.45, 7) is 6.88. The molecule has 2 unspecified atom stereocenters. The molecule has 0 spiro atoms. The number of carboxylic acids is 2. The number of carbonyl (C=O) groups is 6. The van der Waals surface area contributed by atoms with E-state index in [4.69, 9.17) is 10.2 Å². The van der Waals surface area contributed by atoms with Crippen molar-refractivity contribution in [1.29, 1.82) is 0 Å². The van der Waals surface area contributed by atoms with E-state index in [1.807, 2.05) is 13.8 Å². The summed E-state index contributed by atoms with van der Waals surface area (Å²) < 4.78 is 0. The minimum atomic E-state index is -1.13. The number of nitrogens with zero attached hydrogens (tertiary/aromatic N) is 2. The van der Waals surface area contributed by atoms with Crippen LogP contribution in [0.4, 0.5) is 0 Å². The first kappa shape index (κ1) is 30.3. The van der Waals surface area contributed by atoms with E-state index >= 15 is 0 Å². The van der Waals surface area contributed by atoms with Crippen molar-refractivity contribution in [3.8, 4) is 0 Å². The molecule has 2 aliphatic heterocycles. The van der Waals surface area contributed by atoms with Gasteiger partial charge in [-0.1, -0.05) is 39.5 Å². The molecule has 2 N–H and O–H groups in total. The van der Waals surface area contributed by atoms with E-state index in [1.54, 1.807) is 0 Å². The molecule has 2 aliphatic rings. The van der Waals surface area contributed by atoms with Crippen LogP contribution in [0.5, 0.6) is 0 Å². The largest absolute Gasteiger partial charge is 0.480 e. The van der Waals surface area contributed by atoms with Gasteiger partial charge in [0.15, 0.2) is 0 Å². The quantitative estimate of drug-likeness (QED) is 0.331. The molecule has 2 heterocycles. The molecular formula is C22H30N2O8Zn. The van der Waals surface area contributed by atoms with Gasteiger partial charge in [0.1, 0.15) is 12.1 Å². The Hall–Kier alpha value is -2.68. The average molecular weight is 516 g/mol. The number of carbonyl (C=O) groups excluding carboxylic acids is 4. The zero-order chi connectivity index (χ0) is 24.6. The maximum atomic E-state index is 11.6. The molecule has 2 atom stereocenters. The van der Waals surface area contributed by atoms with E-state index < -0.39 is 47.7 Å². The average Bonchev–Trinajstić information content (AvgIpc) is 3.11. The van der Waals surface area contributed by atoms with Gasteiger partial charge in [-0.25, -0.2) is 9.59 Å². The zero-order valence-electron chi connectivity index (χ0n) is 19.5. The van der Waals surface area contributed by atoms with Crippen molar-refractivity contribution in [2.24, 2.45) is 0 Å². The van der Waals surface area contributed by atoms with Crippen LogP contribution >= 0.6 is 0 Å². The molecule has 0 saturated carbocycles. The van der Waals surface area contributed by atoms with Crippen LogP contribution in [0.15, 0.2) is 23.3 Å². The van der Waals surface area contributed by atoms with Crippen molar-refractivity contribution in [3.05, 3.63) is 23.3 Å². The van der Waals surface area contributed by atoms with Gasteiger partial charge < -0.3 is 10.2 Å². The van der Waals surface area contributed by atoms with Crippen LogP contribution in [0.1, 0.15) is 66.2 Å². The van der Waals surface area contributed by atoms with E-state index in [-0.39, 0.29) is 19.5 Å². The number of carboxylic acid groups (broad SMARTS) is 2. The molecule has 0 saturated heterocycles. The Balaban J connectivity index is 0.000000602. The fourth-order valence-electron chi connectivity index (χ4n) is 3.32. The topological polar surface area (TPSA) is 149 Å². The minimum Gasteiger partial charge on any atom is -0.480 e. The number of amides is 4. The Morgan fingerprint density at radius 3 is 1.24 bits per heavy atom. The summed E-state index contributed by atoms with van der Waals surface area (Å²) in [5.41, 5.74) is 0.598. The van der Waals surface area contributed by atoms with Gasteiger partial charge in [0.2, 0.25) is 0 Å². The Labute approximate surface area is 205 Å². The van der Waals surface area contributed by atoms with Crippen LogP contribution < -0.4 is 0 Å². The summed E-state index contributed by atoms with van der Waals surface area (Å²) >= 11 is 0. The minimum absolute atomic E-state index is 0. The van der Waals surface area contributed by atoms with E-state index in [2.05, 4.69) is 0 Å². The molecule has 0 radical (unpaired) electrons. The van der Waals surface area contributed by atoms with Crippen molar-refractivity contribution < 1.29 is 58.5 Å². The standard InChI is InChI=1S/2C11H15NO4.Zn/c2*1-3-4-5-8(11(15)16)12-9(13)6-7(2)10(12)14;/h2*6,8H,3-5H2,1-2H3,(H,15,16);. The third-order valence-electron chi connectivity index (χ3n) is 5.12. The van der Waals surface area contributed by atoms with Crippen LogP contribution in [-0.2, 0) is 48.2 Å². The predicted octanol–water partition coefficient (Wildman–Crippen LogP) is 1.89. The van der Waals surface area contributed by atoms with Crippen molar-refractivity contribution in [2.75, 3.05) is 0 Å². The first-order valence-corrected chi connectivity index (χ1v) is 10.5. The Morgan fingerprint density at radius 1 is 0.758 bits per heavy atom. The predicted molar refractivity (Wildman–Crippen MR) is 113 cm³/mol. The maximum Gasteiger partial charge on any atom is 0.326 e. The summed E-state index contributed by atoms with van der Waals surface area (Å²) in [6.07, 6.45) is 5.99. The second-order valence-electron chi connectivity index (χ2n) is 7.67. The first-order valence-electron chi connectivity index (χ1n) is 10.5. The summed E-state index contributed by atoms with van der Waals surface area (Å²) in [7, 11) is 0. The van der Waals surface area contributed by atoms with Gasteiger partial charge in [-0.15, -0.1) is 0 Å².